The number of hydrogen-bond donors (Lipinski definition) is 0. The maximum Gasteiger partial charge on any atom is 0.289 e. The van der Waals surface area contributed by atoms with Gasteiger partial charge < -0.3 is 0 Å². The van der Waals surface area contributed by atoms with Crippen LogP contribution in [0.1, 0.15) is 95.5 Å². The van der Waals surface area contributed by atoms with Gasteiger partial charge in [-0.05, 0) is 49.1 Å². The summed E-state index contributed by atoms with van der Waals surface area (Å²) < 4.78 is 53.2. The van der Waals surface area contributed by atoms with Gasteiger partial charge in [0.05, 0.1) is 4.90 Å². The van der Waals surface area contributed by atoms with E-state index in [1.165, 1.54) is 63.5 Å². The van der Waals surface area contributed by atoms with Gasteiger partial charge in [-0.1, -0.05) is 76.1 Å². The van der Waals surface area contributed by atoms with E-state index in [4.69, 9.17) is 0 Å². The van der Waals surface area contributed by atoms with Gasteiger partial charge in [0.1, 0.15) is 0 Å². The van der Waals surface area contributed by atoms with Crippen LogP contribution in [0.2, 0.25) is 0 Å². The maximum absolute atomic E-state index is 14.3. The molecule has 0 bridgehead atoms. The molecule has 0 amide bonds. The van der Waals surface area contributed by atoms with Gasteiger partial charge in [0, 0.05) is 0 Å². The highest BCUT2D eigenvalue weighted by Gasteiger charge is 2.26. The van der Waals surface area contributed by atoms with Crippen LogP contribution >= 0.6 is 11.8 Å². The summed E-state index contributed by atoms with van der Waals surface area (Å²) in [6.45, 7) is 2.23. The molecule has 5 heteroatoms. The van der Waals surface area contributed by atoms with Crippen LogP contribution in [0.4, 0.5) is 17.6 Å². The van der Waals surface area contributed by atoms with Crippen molar-refractivity contribution in [2.75, 3.05) is 0 Å². The van der Waals surface area contributed by atoms with E-state index in [9.17, 15) is 17.6 Å². The number of hydrogen-bond acceptors (Lipinski definition) is 1. The highest BCUT2D eigenvalue weighted by Crippen LogP contribution is 2.40. The first-order valence-corrected chi connectivity index (χ1v) is 11.3. The van der Waals surface area contributed by atoms with Crippen molar-refractivity contribution in [2.45, 2.75) is 101 Å². The van der Waals surface area contributed by atoms with Crippen molar-refractivity contribution >= 4 is 11.8 Å². The lowest BCUT2D eigenvalue weighted by atomic mass is 9.77. The minimum Gasteiger partial charge on any atom is -0.203 e. The molecule has 1 saturated carbocycles. The summed E-state index contributed by atoms with van der Waals surface area (Å²) in [6, 6.07) is 2.81. The van der Waals surface area contributed by atoms with Crippen LogP contribution in [0.25, 0.3) is 0 Å². The standard InChI is InChI=1S/C22H32F4S/c1-2-3-4-5-6-7-8-9-16-10-12-17(13-11-16)18-14-15-19(27-22(25)26)21(24)20(18)23/h14-17,22H,2-13H2,1H3. The predicted octanol–water partition coefficient (Wildman–Crippen LogP) is 8.69. The third-order valence-electron chi connectivity index (χ3n) is 5.80. The predicted molar refractivity (Wildman–Crippen MR) is 106 cm³/mol. The highest BCUT2D eigenvalue weighted by atomic mass is 32.2. The molecule has 154 valence electrons. The first-order chi connectivity index (χ1) is 13.0. The van der Waals surface area contributed by atoms with Gasteiger partial charge in [-0.2, -0.15) is 8.78 Å². The largest absolute Gasteiger partial charge is 0.289 e. The summed E-state index contributed by atoms with van der Waals surface area (Å²) in [5.41, 5.74) is 0.362. The van der Waals surface area contributed by atoms with E-state index in [1.54, 1.807) is 0 Å². The second-order valence-corrected chi connectivity index (χ2v) is 8.82. The summed E-state index contributed by atoms with van der Waals surface area (Å²) in [5, 5.41) is 0. The second kappa shape index (κ2) is 12.0. The molecule has 0 unspecified atom stereocenters. The smallest absolute Gasteiger partial charge is 0.203 e. The molecule has 2 rings (SSSR count). The van der Waals surface area contributed by atoms with E-state index in [2.05, 4.69) is 6.92 Å². The van der Waals surface area contributed by atoms with Crippen LogP contribution in [0.15, 0.2) is 17.0 Å². The summed E-state index contributed by atoms with van der Waals surface area (Å²) in [4.78, 5) is -0.307. The van der Waals surface area contributed by atoms with E-state index in [-0.39, 0.29) is 22.6 Å². The SMILES string of the molecule is CCCCCCCCCC1CCC(c2ccc(SC(F)F)c(F)c2F)CC1. The van der Waals surface area contributed by atoms with Crippen molar-refractivity contribution in [3.63, 3.8) is 0 Å². The molecule has 0 spiro atoms. The van der Waals surface area contributed by atoms with Crippen LogP contribution in [0.5, 0.6) is 0 Å². The molecule has 0 saturated heterocycles. The Morgan fingerprint density at radius 1 is 0.889 bits per heavy atom. The molecular formula is C22H32F4S. The Morgan fingerprint density at radius 3 is 2.15 bits per heavy atom. The minimum absolute atomic E-state index is 0.00962. The number of thioether (sulfide) groups is 1. The zero-order chi connectivity index (χ0) is 19.6. The van der Waals surface area contributed by atoms with Gasteiger partial charge in [-0.3, -0.25) is 0 Å². The van der Waals surface area contributed by atoms with Gasteiger partial charge in [-0.25, -0.2) is 8.78 Å². The number of benzene rings is 1. The fraction of sp³-hybridized carbons (Fsp3) is 0.727. The molecule has 1 aromatic carbocycles. The Hall–Kier alpha value is -0.710. The topological polar surface area (TPSA) is 0 Å². The Bertz CT molecular complexity index is 553. The molecule has 0 aromatic heterocycles. The summed E-state index contributed by atoms with van der Waals surface area (Å²) in [6.07, 6.45) is 14.2. The van der Waals surface area contributed by atoms with Gasteiger partial charge in [0.15, 0.2) is 11.6 Å². The number of rotatable bonds is 11. The molecule has 0 nitrogen and oxygen atoms in total. The Balaban J connectivity index is 1.74. The Morgan fingerprint density at radius 2 is 1.52 bits per heavy atom. The molecule has 0 N–H and O–H groups in total. The maximum atomic E-state index is 14.3. The van der Waals surface area contributed by atoms with Gasteiger partial charge in [0.2, 0.25) is 0 Å². The van der Waals surface area contributed by atoms with Crippen LogP contribution in [-0.4, -0.2) is 5.76 Å². The minimum atomic E-state index is -2.74. The summed E-state index contributed by atoms with van der Waals surface area (Å²) in [7, 11) is 0. The lowest BCUT2D eigenvalue weighted by molar-refractivity contribution is 0.251. The first kappa shape index (κ1) is 22.6. The van der Waals surface area contributed by atoms with Gasteiger partial charge in [0.25, 0.3) is 5.76 Å². The summed E-state index contributed by atoms with van der Waals surface area (Å²) >= 11 is 0.0638. The lowest BCUT2D eigenvalue weighted by Crippen LogP contribution is -2.15. The van der Waals surface area contributed by atoms with Gasteiger partial charge >= 0.3 is 0 Å². The van der Waals surface area contributed by atoms with Crippen LogP contribution in [0.3, 0.4) is 0 Å². The van der Waals surface area contributed by atoms with Crippen LogP contribution in [0, 0.1) is 17.6 Å². The van der Waals surface area contributed by atoms with Crippen molar-refractivity contribution in [3.05, 3.63) is 29.3 Å². The molecule has 0 aliphatic heterocycles. The van der Waals surface area contributed by atoms with E-state index in [0.717, 1.165) is 25.7 Å². The van der Waals surface area contributed by atoms with E-state index in [0.29, 0.717) is 11.5 Å². The third-order valence-corrected chi connectivity index (χ3v) is 6.54. The lowest BCUT2D eigenvalue weighted by Gasteiger charge is -2.29. The first-order valence-electron chi connectivity index (χ1n) is 10.5. The molecule has 1 aromatic rings. The van der Waals surface area contributed by atoms with E-state index < -0.39 is 17.4 Å². The average molecular weight is 405 g/mol. The normalized spacial score (nSPS) is 20.4. The zero-order valence-corrected chi connectivity index (χ0v) is 17.1. The van der Waals surface area contributed by atoms with E-state index in [1.807, 2.05) is 0 Å². The third kappa shape index (κ3) is 7.32. The number of unbranched alkanes of at least 4 members (excludes halogenated alkanes) is 6. The average Bonchev–Trinajstić information content (AvgIpc) is 2.65. The van der Waals surface area contributed by atoms with Crippen LogP contribution < -0.4 is 0 Å². The number of halogens is 4. The molecular weight excluding hydrogens is 372 g/mol. The molecule has 0 radical (unpaired) electrons. The van der Waals surface area contributed by atoms with Crippen LogP contribution in [-0.2, 0) is 0 Å². The molecule has 27 heavy (non-hydrogen) atoms. The second-order valence-electron chi connectivity index (χ2n) is 7.79. The fourth-order valence-electron chi connectivity index (χ4n) is 4.20. The quantitative estimate of drug-likeness (QED) is 0.202. The van der Waals surface area contributed by atoms with Crippen molar-refractivity contribution in [1.82, 2.24) is 0 Å². The molecule has 0 atom stereocenters. The Labute approximate surface area is 165 Å². The highest BCUT2D eigenvalue weighted by molar-refractivity contribution is 7.99. The number of alkyl halides is 2. The Kier molecular flexibility index (Phi) is 10.0. The zero-order valence-electron chi connectivity index (χ0n) is 16.3. The molecule has 1 aliphatic carbocycles. The fourth-order valence-corrected chi connectivity index (χ4v) is 4.73. The van der Waals surface area contributed by atoms with Crippen molar-refractivity contribution in [2.24, 2.45) is 5.92 Å². The van der Waals surface area contributed by atoms with E-state index >= 15 is 0 Å². The van der Waals surface area contributed by atoms with Crippen molar-refractivity contribution in [3.8, 4) is 0 Å². The summed E-state index contributed by atoms with van der Waals surface area (Å²) in [5.74, 6) is -4.10. The molecule has 0 heterocycles. The molecule has 1 aliphatic rings. The monoisotopic (exact) mass is 404 g/mol. The van der Waals surface area contributed by atoms with Gasteiger partial charge in [-0.15, -0.1) is 0 Å². The molecule has 1 fully saturated rings. The van der Waals surface area contributed by atoms with Crippen molar-refractivity contribution in [1.29, 1.82) is 0 Å². The van der Waals surface area contributed by atoms with Crippen molar-refractivity contribution < 1.29 is 17.6 Å².